The van der Waals surface area contributed by atoms with Crippen LogP contribution < -0.4 is 0 Å². The number of rotatable bonds is 3. The number of hydrogen-bond acceptors (Lipinski definition) is 3. The highest BCUT2D eigenvalue weighted by atomic mass is 16.3. The molecule has 2 atom stereocenters. The molecule has 2 saturated heterocycles. The van der Waals surface area contributed by atoms with Crippen LogP contribution in [-0.2, 0) is 0 Å². The second-order valence-electron chi connectivity index (χ2n) is 3.86. The molecule has 3 heteroatoms. The molecule has 3 nitrogen and oxygen atoms in total. The van der Waals surface area contributed by atoms with E-state index in [4.69, 9.17) is 5.11 Å². The molecule has 2 unspecified atom stereocenters. The molecule has 0 aromatic heterocycles. The van der Waals surface area contributed by atoms with Gasteiger partial charge in [0.05, 0.1) is 0 Å². The van der Waals surface area contributed by atoms with Crippen LogP contribution >= 0.6 is 0 Å². The summed E-state index contributed by atoms with van der Waals surface area (Å²) in [6, 6.07) is 0.797. The lowest BCUT2D eigenvalue weighted by Gasteiger charge is -2.34. The van der Waals surface area contributed by atoms with Crippen LogP contribution in [0, 0.1) is 0 Å². The summed E-state index contributed by atoms with van der Waals surface area (Å²) in [6.45, 7) is 6.44. The second-order valence-corrected chi connectivity index (χ2v) is 3.86. The number of aliphatic hydroxyl groups excluding tert-OH is 1. The van der Waals surface area contributed by atoms with Gasteiger partial charge in [0, 0.05) is 38.8 Å². The summed E-state index contributed by atoms with van der Waals surface area (Å²) >= 11 is 0. The summed E-state index contributed by atoms with van der Waals surface area (Å²) in [5, 5.41) is 8.73. The lowest BCUT2D eigenvalue weighted by molar-refractivity contribution is 0.125. The molecule has 0 amide bonds. The normalized spacial score (nSPS) is 35.8. The minimum Gasteiger partial charge on any atom is -0.396 e. The zero-order chi connectivity index (χ0) is 8.39. The molecule has 0 aliphatic carbocycles. The first-order valence-corrected chi connectivity index (χ1v) is 4.97. The lowest BCUT2D eigenvalue weighted by Crippen LogP contribution is -2.47. The summed E-state index contributed by atoms with van der Waals surface area (Å²) in [4.78, 5) is 5.08. The van der Waals surface area contributed by atoms with Crippen LogP contribution in [0.3, 0.4) is 0 Å². The van der Waals surface area contributed by atoms with Gasteiger partial charge in [-0.05, 0) is 19.4 Å². The molecule has 2 aliphatic heterocycles. The summed E-state index contributed by atoms with van der Waals surface area (Å²) in [6.07, 6.45) is 2.28. The van der Waals surface area contributed by atoms with Gasteiger partial charge in [0.15, 0.2) is 0 Å². The van der Waals surface area contributed by atoms with Gasteiger partial charge < -0.3 is 10.0 Å². The number of piperazine rings is 1. The van der Waals surface area contributed by atoms with E-state index in [2.05, 4.69) is 9.80 Å². The van der Waals surface area contributed by atoms with E-state index in [0.717, 1.165) is 19.0 Å². The Balaban J connectivity index is 1.81. The average molecular weight is 170 g/mol. The van der Waals surface area contributed by atoms with Gasteiger partial charge in [-0.3, -0.25) is 4.90 Å². The summed E-state index contributed by atoms with van der Waals surface area (Å²) in [7, 11) is 0. The summed E-state index contributed by atoms with van der Waals surface area (Å²) in [5.41, 5.74) is 0. The quantitative estimate of drug-likeness (QED) is 0.633. The molecular formula is C9H18N2O. The van der Waals surface area contributed by atoms with E-state index < -0.39 is 0 Å². The predicted molar refractivity (Wildman–Crippen MR) is 48.1 cm³/mol. The highest BCUT2D eigenvalue weighted by molar-refractivity contribution is 4.88. The second kappa shape index (κ2) is 3.73. The maximum atomic E-state index is 8.73. The van der Waals surface area contributed by atoms with E-state index in [9.17, 15) is 0 Å². The average Bonchev–Trinajstić information content (AvgIpc) is 2.48. The van der Waals surface area contributed by atoms with Gasteiger partial charge in [-0.2, -0.15) is 0 Å². The highest BCUT2D eigenvalue weighted by Crippen LogP contribution is 2.20. The van der Waals surface area contributed by atoms with E-state index in [1.807, 2.05) is 0 Å². The molecule has 2 bridgehead atoms. The molecule has 2 heterocycles. The molecule has 0 aromatic rings. The number of hydrogen-bond donors (Lipinski definition) is 1. The Bertz CT molecular complexity index is 151. The third-order valence-corrected chi connectivity index (χ3v) is 3.07. The SMILES string of the molecule is OCCCN1CCN2CCC1C2. The van der Waals surface area contributed by atoms with Gasteiger partial charge in [-0.25, -0.2) is 0 Å². The molecule has 2 aliphatic rings. The topological polar surface area (TPSA) is 26.7 Å². The summed E-state index contributed by atoms with van der Waals surface area (Å²) in [5.74, 6) is 0. The zero-order valence-electron chi connectivity index (χ0n) is 7.58. The van der Waals surface area contributed by atoms with Crippen molar-refractivity contribution in [1.29, 1.82) is 0 Å². The van der Waals surface area contributed by atoms with Gasteiger partial charge in [0.2, 0.25) is 0 Å². The van der Waals surface area contributed by atoms with Crippen LogP contribution in [0.5, 0.6) is 0 Å². The van der Waals surface area contributed by atoms with Gasteiger partial charge in [0.25, 0.3) is 0 Å². The molecular weight excluding hydrogens is 152 g/mol. The maximum absolute atomic E-state index is 8.73. The fourth-order valence-corrected chi connectivity index (χ4v) is 2.33. The Morgan fingerprint density at radius 2 is 2.17 bits per heavy atom. The molecule has 1 N–H and O–H groups in total. The van der Waals surface area contributed by atoms with Crippen molar-refractivity contribution in [2.24, 2.45) is 0 Å². The van der Waals surface area contributed by atoms with E-state index >= 15 is 0 Å². The van der Waals surface area contributed by atoms with Crippen molar-refractivity contribution in [1.82, 2.24) is 9.80 Å². The smallest absolute Gasteiger partial charge is 0.0443 e. The molecule has 0 aromatic carbocycles. The van der Waals surface area contributed by atoms with Crippen LogP contribution in [0.15, 0.2) is 0 Å². The fourth-order valence-electron chi connectivity index (χ4n) is 2.33. The Morgan fingerprint density at radius 1 is 1.25 bits per heavy atom. The van der Waals surface area contributed by atoms with Crippen LogP contribution in [0.4, 0.5) is 0 Å². The van der Waals surface area contributed by atoms with Gasteiger partial charge >= 0.3 is 0 Å². The third-order valence-electron chi connectivity index (χ3n) is 3.07. The molecule has 12 heavy (non-hydrogen) atoms. The van der Waals surface area contributed by atoms with Crippen molar-refractivity contribution in [3.05, 3.63) is 0 Å². The minimum absolute atomic E-state index is 0.340. The summed E-state index contributed by atoms with van der Waals surface area (Å²) < 4.78 is 0. The molecule has 70 valence electrons. The molecule has 2 fully saturated rings. The predicted octanol–water partition coefficient (Wildman–Crippen LogP) is -0.241. The first kappa shape index (κ1) is 8.48. The van der Waals surface area contributed by atoms with Gasteiger partial charge in [0.1, 0.15) is 0 Å². The van der Waals surface area contributed by atoms with Crippen molar-refractivity contribution in [2.75, 3.05) is 39.3 Å². The first-order valence-electron chi connectivity index (χ1n) is 4.97. The Kier molecular flexibility index (Phi) is 2.63. The number of aliphatic hydroxyl groups is 1. The largest absolute Gasteiger partial charge is 0.396 e. The van der Waals surface area contributed by atoms with Crippen molar-refractivity contribution in [2.45, 2.75) is 18.9 Å². The van der Waals surface area contributed by atoms with Crippen molar-refractivity contribution >= 4 is 0 Å². The van der Waals surface area contributed by atoms with Crippen LogP contribution in [-0.4, -0.2) is 60.3 Å². The minimum atomic E-state index is 0.340. The molecule has 0 radical (unpaired) electrons. The Hall–Kier alpha value is -0.120. The maximum Gasteiger partial charge on any atom is 0.0443 e. The number of nitrogens with zero attached hydrogens (tertiary/aromatic N) is 2. The standard InChI is InChI=1S/C9H18N2O/c12-7-1-3-11-6-5-10-4-2-9(11)8-10/h9,12H,1-8H2. The van der Waals surface area contributed by atoms with Gasteiger partial charge in [-0.1, -0.05) is 0 Å². The van der Waals surface area contributed by atoms with Crippen molar-refractivity contribution in [3.8, 4) is 0 Å². The van der Waals surface area contributed by atoms with E-state index in [1.165, 1.54) is 32.6 Å². The third kappa shape index (κ3) is 1.63. The van der Waals surface area contributed by atoms with Crippen LogP contribution in [0.2, 0.25) is 0 Å². The van der Waals surface area contributed by atoms with Crippen molar-refractivity contribution in [3.63, 3.8) is 0 Å². The van der Waals surface area contributed by atoms with E-state index in [1.54, 1.807) is 0 Å². The molecule has 2 rings (SSSR count). The molecule has 0 saturated carbocycles. The lowest BCUT2D eigenvalue weighted by atomic mass is 10.2. The zero-order valence-corrected chi connectivity index (χ0v) is 7.58. The first-order chi connectivity index (χ1) is 5.90. The van der Waals surface area contributed by atoms with Crippen LogP contribution in [0.25, 0.3) is 0 Å². The Labute approximate surface area is 74.0 Å². The van der Waals surface area contributed by atoms with Crippen LogP contribution in [0.1, 0.15) is 12.8 Å². The monoisotopic (exact) mass is 170 g/mol. The van der Waals surface area contributed by atoms with Crippen molar-refractivity contribution < 1.29 is 5.11 Å². The number of fused-ring (bicyclic) bond motifs is 2. The van der Waals surface area contributed by atoms with Gasteiger partial charge in [-0.15, -0.1) is 0 Å². The van der Waals surface area contributed by atoms with E-state index in [-0.39, 0.29) is 0 Å². The van der Waals surface area contributed by atoms with E-state index in [0.29, 0.717) is 6.61 Å². The fraction of sp³-hybridized carbons (Fsp3) is 1.00. The molecule has 0 spiro atoms. The Morgan fingerprint density at radius 3 is 3.00 bits per heavy atom. The highest BCUT2D eigenvalue weighted by Gasteiger charge is 2.31.